The van der Waals surface area contributed by atoms with Crippen LogP contribution >= 0.6 is 11.6 Å². The molecule has 1 aliphatic rings. The maximum atomic E-state index is 11.9. The molecule has 0 saturated carbocycles. The molecule has 3 rings (SSSR count). The highest BCUT2D eigenvalue weighted by Crippen LogP contribution is 2.19. The smallest absolute Gasteiger partial charge is 0.251 e. The molecule has 1 aliphatic heterocycles. The van der Waals surface area contributed by atoms with E-state index in [0.29, 0.717) is 11.6 Å². The SMILES string of the molecule is O=c1ccccn1C1CNN=C1c1ccc(Cl)cc1. The number of nitrogens with zero attached hydrogens (tertiary/aromatic N) is 2. The van der Waals surface area contributed by atoms with Gasteiger partial charge >= 0.3 is 0 Å². The number of hydrogen-bond donors (Lipinski definition) is 1. The molecule has 1 unspecified atom stereocenters. The van der Waals surface area contributed by atoms with Crippen LogP contribution in [0, 0.1) is 0 Å². The summed E-state index contributed by atoms with van der Waals surface area (Å²) in [7, 11) is 0. The zero-order valence-electron chi connectivity index (χ0n) is 10.1. The number of benzene rings is 1. The van der Waals surface area contributed by atoms with Gasteiger partial charge in [0.05, 0.1) is 18.3 Å². The van der Waals surface area contributed by atoms with Gasteiger partial charge in [0.2, 0.25) is 0 Å². The number of rotatable bonds is 2. The fraction of sp³-hybridized carbons (Fsp3) is 0.143. The summed E-state index contributed by atoms with van der Waals surface area (Å²) in [5.41, 5.74) is 4.75. The summed E-state index contributed by atoms with van der Waals surface area (Å²) < 4.78 is 1.69. The number of hydrazone groups is 1. The Hall–Kier alpha value is -2.07. The number of halogens is 1. The monoisotopic (exact) mass is 273 g/mol. The minimum absolute atomic E-state index is 0.0298. The molecule has 2 aromatic rings. The Balaban J connectivity index is 2.00. The minimum Gasteiger partial charge on any atom is -0.307 e. The highest BCUT2D eigenvalue weighted by atomic mass is 35.5. The van der Waals surface area contributed by atoms with E-state index in [0.717, 1.165) is 11.3 Å². The van der Waals surface area contributed by atoms with Gasteiger partial charge in [-0.2, -0.15) is 5.10 Å². The summed E-state index contributed by atoms with van der Waals surface area (Å²) in [4.78, 5) is 11.9. The Morgan fingerprint density at radius 2 is 2.00 bits per heavy atom. The first kappa shape index (κ1) is 12.0. The van der Waals surface area contributed by atoms with Gasteiger partial charge in [0.15, 0.2) is 0 Å². The van der Waals surface area contributed by atoms with E-state index < -0.39 is 0 Å². The first-order valence-electron chi connectivity index (χ1n) is 5.99. The van der Waals surface area contributed by atoms with Gasteiger partial charge in [-0.05, 0) is 18.2 Å². The largest absolute Gasteiger partial charge is 0.307 e. The second-order valence-corrected chi connectivity index (χ2v) is 4.76. The number of aromatic nitrogens is 1. The van der Waals surface area contributed by atoms with Crippen LogP contribution in [0.1, 0.15) is 11.6 Å². The Morgan fingerprint density at radius 3 is 2.74 bits per heavy atom. The van der Waals surface area contributed by atoms with Crippen molar-refractivity contribution in [2.45, 2.75) is 6.04 Å². The van der Waals surface area contributed by atoms with Crippen LogP contribution in [0.5, 0.6) is 0 Å². The van der Waals surface area contributed by atoms with Crippen molar-refractivity contribution in [2.75, 3.05) is 6.54 Å². The molecule has 1 aromatic carbocycles. The maximum Gasteiger partial charge on any atom is 0.251 e. The zero-order chi connectivity index (χ0) is 13.2. The molecule has 0 bridgehead atoms. The van der Waals surface area contributed by atoms with Crippen molar-refractivity contribution in [3.05, 3.63) is 69.6 Å². The zero-order valence-corrected chi connectivity index (χ0v) is 10.8. The third kappa shape index (κ3) is 2.27. The van der Waals surface area contributed by atoms with Crippen LogP contribution in [-0.4, -0.2) is 16.8 Å². The summed E-state index contributed by atoms with van der Waals surface area (Å²) >= 11 is 5.89. The van der Waals surface area contributed by atoms with Crippen LogP contribution in [0.25, 0.3) is 0 Å². The predicted molar refractivity (Wildman–Crippen MR) is 75.7 cm³/mol. The predicted octanol–water partition coefficient (Wildman–Crippen LogP) is 2.05. The second kappa shape index (κ2) is 4.90. The molecule has 0 spiro atoms. The molecule has 1 aromatic heterocycles. The first-order valence-corrected chi connectivity index (χ1v) is 6.37. The minimum atomic E-state index is -0.0881. The van der Waals surface area contributed by atoms with E-state index in [1.165, 1.54) is 0 Å². The maximum absolute atomic E-state index is 11.9. The summed E-state index contributed by atoms with van der Waals surface area (Å²) in [5.74, 6) is 0. The van der Waals surface area contributed by atoms with Gasteiger partial charge in [-0.3, -0.25) is 4.79 Å². The van der Waals surface area contributed by atoms with Crippen molar-refractivity contribution in [1.29, 1.82) is 0 Å². The molecule has 2 heterocycles. The number of nitrogens with one attached hydrogen (secondary N) is 1. The molecule has 19 heavy (non-hydrogen) atoms. The van der Waals surface area contributed by atoms with E-state index in [1.54, 1.807) is 22.9 Å². The van der Waals surface area contributed by atoms with Gasteiger partial charge in [-0.1, -0.05) is 29.8 Å². The van der Waals surface area contributed by atoms with Gasteiger partial charge in [-0.25, -0.2) is 0 Å². The summed E-state index contributed by atoms with van der Waals surface area (Å²) in [6, 6.07) is 12.5. The van der Waals surface area contributed by atoms with E-state index in [-0.39, 0.29) is 11.6 Å². The molecule has 0 aliphatic carbocycles. The summed E-state index contributed by atoms with van der Waals surface area (Å²) in [6.07, 6.45) is 1.78. The lowest BCUT2D eigenvalue weighted by Crippen LogP contribution is -2.30. The fourth-order valence-electron chi connectivity index (χ4n) is 2.19. The van der Waals surface area contributed by atoms with Crippen molar-refractivity contribution in [2.24, 2.45) is 5.10 Å². The summed E-state index contributed by atoms with van der Waals surface area (Å²) in [5, 5.41) is 4.98. The van der Waals surface area contributed by atoms with E-state index >= 15 is 0 Å². The molecule has 0 radical (unpaired) electrons. The van der Waals surface area contributed by atoms with Crippen molar-refractivity contribution in [3.8, 4) is 0 Å². The Bertz CT molecular complexity index is 676. The molecule has 5 heteroatoms. The van der Waals surface area contributed by atoms with Gasteiger partial charge in [0, 0.05) is 22.8 Å². The van der Waals surface area contributed by atoms with Gasteiger partial charge in [0.1, 0.15) is 0 Å². The molecular formula is C14H12ClN3O. The quantitative estimate of drug-likeness (QED) is 0.910. The summed E-state index contributed by atoms with van der Waals surface area (Å²) in [6.45, 7) is 0.613. The third-order valence-corrected chi connectivity index (χ3v) is 3.38. The Kier molecular flexibility index (Phi) is 3.09. The molecule has 0 fully saturated rings. The van der Waals surface area contributed by atoms with Gasteiger partial charge < -0.3 is 9.99 Å². The van der Waals surface area contributed by atoms with E-state index in [9.17, 15) is 4.79 Å². The number of hydrogen-bond acceptors (Lipinski definition) is 3. The average molecular weight is 274 g/mol. The van der Waals surface area contributed by atoms with E-state index in [2.05, 4.69) is 10.5 Å². The van der Waals surface area contributed by atoms with Crippen LogP contribution in [0.2, 0.25) is 5.02 Å². The lowest BCUT2D eigenvalue weighted by molar-refractivity contribution is 0.602. The Labute approximate surface area is 115 Å². The topological polar surface area (TPSA) is 46.4 Å². The second-order valence-electron chi connectivity index (χ2n) is 4.33. The van der Waals surface area contributed by atoms with Gasteiger partial charge in [-0.15, -0.1) is 0 Å². The molecule has 1 N–H and O–H groups in total. The lowest BCUT2D eigenvalue weighted by atomic mass is 10.0. The first-order chi connectivity index (χ1) is 9.25. The molecule has 4 nitrogen and oxygen atoms in total. The van der Waals surface area contributed by atoms with Crippen LogP contribution in [0.15, 0.2) is 58.6 Å². The van der Waals surface area contributed by atoms with Crippen LogP contribution < -0.4 is 11.0 Å². The van der Waals surface area contributed by atoms with Crippen LogP contribution in [0.4, 0.5) is 0 Å². The lowest BCUT2D eigenvalue weighted by Gasteiger charge is -2.15. The van der Waals surface area contributed by atoms with Crippen LogP contribution in [0.3, 0.4) is 0 Å². The standard InChI is InChI=1S/C14H12ClN3O/c15-11-6-4-10(5-7-11)14-12(9-16-17-14)18-8-2-1-3-13(18)19/h1-8,12,16H,9H2. The normalized spacial score (nSPS) is 17.9. The Morgan fingerprint density at radius 1 is 1.21 bits per heavy atom. The van der Waals surface area contributed by atoms with Crippen molar-refractivity contribution in [1.82, 2.24) is 9.99 Å². The molecule has 0 saturated heterocycles. The van der Waals surface area contributed by atoms with Crippen LogP contribution in [-0.2, 0) is 0 Å². The van der Waals surface area contributed by atoms with Crippen molar-refractivity contribution < 1.29 is 0 Å². The molecule has 96 valence electrons. The van der Waals surface area contributed by atoms with E-state index in [1.807, 2.05) is 30.3 Å². The highest BCUT2D eigenvalue weighted by molar-refractivity contribution is 6.30. The fourth-order valence-corrected chi connectivity index (χ4v) is 2.32. The third-order valence-electron chi connectivity index (χ3n) is 3.13. The number of pyridine rings is 1. The molecule has 1 atom stereocenters. The van der Waals surface area contributed by atoms with Crippen molar-refractivity contribution >= 4 is 17.3 Å². The average Bonchev–Trinajstić information content (AvgIpc) is 2.89. The van der Waals surface area contributed by atoms with E-state index in [4.69, 9.17) is 11.6 Å². The highest BCUT2D eigenvalue weighted by Gasteiger charge is 2.24. The molecule has 0 amide bonds. The molecular weight excluding hydrogens is 262 g/mol. The van der Waals surface area contributed by atoms with Gasteiger partial charge in [0.25, 0.3) is 5.56 Å². The van der Waals surface area contributed by atoms with Crippen molar-refractivity contribution in [3.63, 3.8) is 0 Å².